The molecule has 23 heavy (non-hydrogen) atoms. The fourth-order valence-electron chi connectivity index (χ4n) is 2.80. The van der Waals surface area contributed by atoms with Gasteiger partial charge in [0, 0.05) is 12.7 Å². The molecule has 1 aliphatic rings. The van der Waals surface area contributed by atoms with E-state index in [1.807, 2.05) is 42.6 Å². The monoisotopic (exact) mass is 317 g/mol. The SMILES string of the molecule is CC(C)C(NC(=O)NCC1(O)CCC1)c1nnc2ccccn12. The first kappa shape index (κ1) is 15.7. The van der Waals surface area contributed by atoms with E-state index in [1.54, 1.807) is 0 Å². The summed E-state index contributed by atoms with van der Waals surface area (Å²) in [5.41, 5.74) is 0.0193. The molecule has 7 heteroatoms. The Bertz CT molecular complexity index is 693. The zero-order valence-electron chi connectivity index (χ0n) is 13.5. The van der Waals surface area contributed by atoms with Gasteiger partial charge in [-0.2, -0.15) is 0 Å². The number of nitrogens with zero attached hydrogens (tertiary/aromatic N) is 3. The normalized spacial score (nSPS) is 17.7. The molecule has 2 heterocycles. The highest BCUT2D eigenvalue weighted by Gasteiger charge is 2.34. The van der Waals surface area contributed by atoms with Crippen LogP contribution in [0.15, 0.2) is 24.4 Å². The van der Waals surface area contributed by atoms with E-state index in [1.165, 1.54) is 0 Å². The number of hydrogen-bond donors (Lipinski definition) is 3. The Morgan fingerprint density at radius 3 is 2.83 bits per heavy atom. The summed E-state index contributed by atoms with van der Waals surface area (Å²) in [5.74, 6) is 0.855. The van der Waals surface area contributed by atoms with Crippen LogP contribution < -0.4 is 10.6 Å². The molecule has 0 saturated heterocycles. The minimum atomic E-state index is -0.730. The summed E-state index contributed by atoms with van der Waals surface area (Å²) in [4.78, 5) is 12.2. The first-order valence-corrected chi connectivity index (χ1v) is 8.05. The Hall–Kier alpha value is -2.15. The molecule has 2 amide bonds. The number of fused-ring (bicyclic) bond motifs is 1. The van der Waals surface area contributed by atoms with Crippen LogP contribution in [0.4, 0.5) is 4.79 Å². The van der Waals surface area contributed by atoms with Crippen molar-refractivity contribution in [3.63, 3.8) is 0 Å². The second-order valence-corrected chi connectivity index (χ2v) is 6.61. The molecule has 1 atom stereocenters. The van der Waals surface area contributed by atoms with Crippen molar-refractivity contribution in [2.45, 2.75) is 44.8 Å². The number of carbonyl (C=O) groups excluding carboxylic acids is 1. The van der Waals surface area contributed by atoms with Gasteiger partial charge >= 0.3 is 6.03 Å². The zero-order valence-corrected chi connectivity index (χ0v) is 13.5. The topological polar surface area (TPSA) is 91.5 Å². The number of aromatic nitrogens is 3. The van der Waals surface area contributed by atoms with Crippen LogP contribution in [-0.2, 0) is 0 Å². The number of nitrogens with one attached hydrogen (secondary N) is 2. The number of urea groups is 1. The molecule has 2 aromatic rings. The third-order valence-corrected chi connectivity index (χ3v) is 4.43. The summed E-state index contributed by atoms with van der Waals surface area (Å²) in [6.07, 6.45) is 4.39. The Morgan fingerprint density at radius 2 is 2.17 bits per heavy atom. The van der Waals surface area contributed by atoms with Crippen LogP contribution in [0, 0.1) is 5.92 Å². The van der Waals surface area contributed by atoms with Crippen molar-refractivity contribution in [1.29, 1.82) is 0 Å². The maximum absolute atomic E-state index is 12.2. The van der Waals surface area contributed by atoms with Gasteiger partial charge in [-0.15, -0.1) is 10.2 Å². The quantitative estimate of drug-likeness (QED) is 0.782. The average Bonchev–Trinajstić information content (AvgIpc) is 2.92. The molecule has 3 N–H and O–H groups in total. The second-order valence-electron chi connectivity index (χ2n) is 6.61. The van der Waals surface area contributed by atoms with Crippen molar-refractivity contribution in [3.05, 3.63) is 30.2 Å². The Morgan fingerprint density at radius 1 is 1.39 bits per heavy atom. The lowest BCUT2D eigenvalue weighted by molar-refractivity contribution is -0.0290. The maximum atomic E-state index is 12.2. The summed E-state index contributed by atoms with van der Waals surface area (Å²) < 4.78 is 1.88. The van der Waals surface area contributed by atoms with Crippen molar-refractivity contribution in [3.8, 4) is 0 Å². The van der Waals surface area contributed by atoms with Crippen LogP contribution in [0.1, 0.15) is 45.0 Å². The van der Waals surface area contributed by atoms with Crippen molar-refractivity contribution in [2.75, 3.05) is 6.54 Å². The molecule has 1 unspecified atom stereocenters. The fraction of sp³-hybridized carbons (Fsp3) is 0.562. The standard InChI is InChI=1S/C16H23N5O2/c1-11(2)13(14-20-19-12-6-3-4-9-21(12)14)18-15(22)17-10-16(23)7-5-8-16/h3-4,6,9,11,13,23H,5,7-8,10H2,1-2H3,(H2,17,18,22). The summed E-state index contributed by atoms with van der Waals surface area (Å²) in [6.45, 7) is 4.33. The van der Waals surface area contributed by atoms with E-state index in [-0.39, 0.29) is 24.5 Å². The molecule has 0 bridgehead atoms. The molecule has 1 aliphatic carbocycles. The van der Waals surface area contributed by atoms with Crippen LogP contribution in [-0.4, -0.2) is 37.9 Å². The maximum Gasteiger partial charge on any atom is 0.315 e. The minimum Gasteiger partial charge on any atom is -0.388 e. The highest BCUT2D eigenvalue weighted by atomic mass is 16.3. The van der Waals surface area contributed by atoms with E-state index in [0.29, 0.717) is 5.82 Å². The Labute approximate surface area is 135 Å². The van der Waals surface area contributed by atoms with E-state index >= 15 is 0 Å². The first-order valence-electron chi connectivity index (χ1n) is 8.05. The second kappa shape index (κ2) is 6.16. The van der Waals surface area contributed by atoms with Gasteiger partial charge in [-0.3, -0.25) is 4.40 Å². The highest BCUT2D eigenvalue weighted by Crippen LogP contribution is 2.30. The van der Waals surface area contributed by atoms with E-state index < -0.39 is 5.60 Å². The third kappa shape index (κ3) is 3.29. The highest BCUT2D eigenvalue weighted by molar-refractivity contribution is 5.74. The summed E-state index contributed by atoms with van der Waals surface area (Å²) in [7, 11) is 0. The molecule has 7 nitrogen and oxygen atoms in total. The van der Waals surface area contributed by atoms with Crippen molar-refractivity contribution < 1.29 is 9.90 Å². The lowest BCUT2D eigenvalue weighted by Crippen LogP contribution is -2.51. The molecule has 124 valence electrons. The van der Waals surface area contributed by atoms with Crippen molar-refractivity contribution in [1.82, 2.24) is 25.2 Å². The van der Waals surface area contributed by atoms with Gasteiger partial charge in [0.15, 0.2) is 11.5 Å². The van der Waals surface area contributed by atoms with Crippen LogP contribution in [0.2, 0.25) is 0 Å². The summed E-state index contributed by atoms with van der Waals surface area (Å²) in [5, 5.41) is 24.1. The van der Waals surface area contributed by atoms with Gasteiger partial charge in [-0.1, -0.05) is 19.9 Å². The molecule has 0 spiro atoms. The Kier molecular flexibility index (Phi) is 4.21. The molecule has 0 radical (unpaired) electrons. The van der Waals surface area contributed by atoms with Gasteiger partial charge < -0.3 is 15.7 Å². The molecular weight excluding hydrogens is 294 g/mol. The number of rotatable bonds is 5. The van der Waals surface area contributed by atoms with Gasteiger partial charge in [-0.25, -0.2) is 4.79 Å². The molecule has 1 fully saturated rings. The largest absolute Gasteiger partial charge is 0.388 e. The molecule has 1 saturated carbocycles. The lowest BCUT2D eigenvalue weighted by atomic mass is 9.80. The van der Waals surface area contributed by atoms with Gasteiger partial charge in [0.2, 0.25) is 0 Å². The van der Waals surface area contributed by atoms with Gasteiger partial charge in [0.25, 0.3) is 0 Å². The number of hydrogen-bond acceptors (Lipinski definition) is 4. The lowest BCUT2D eigenvalue weighted by Gasteiger charge is -2.36. The first-order chi connectivity index (χ1) is 11.0. The molecule has 0 aliphatic heterocycles. The zero-order chi connectivity index (χ0) is 16.4. The van der Waals surface area contributed by atoms with Gasteiger partial charge in [0.05, 0.1) is 11.6 Å². The summed E-state index contributed by atoms with van der Waals surface area (Å²) in [6, 6.07) is 5.13. The predicted molar refractivity (Wildman–Crippen MR) is 85.9 cm³/mol. The number of pyridine rings is 1. The number of amides is 2. The molecule has 0 aromatic carbocycles. The number of carbonyl (C=O) groups is 1. The van der Waals surface area contributed by atoms with E-state index in [9.17, 15) is 9.90 Å². The van der Waals surface area contributed by atoms with E-state index in [0.717, 1.165) is 24.9 Å². The van der Waals surface area contributed by atoms with Crippen LogP contribution in [0.25, 0.3) is 5.65 Å². The Balaban J connectivity index is 1.70. The summed E-state index contributed by atoms with van der Waals surface area (Å²) >= 11 is 0. The molecular formula is C16H23N5O2. The predicted octanol–water partition coefficient (Wildman–Crippen LogP) is 1.64. The van der Waals surface area contributed by atoms with Crippen LogP contribution in [0.3, 0.4) is 0 Å². The van der Waals surface area contributed by atoms with Gasteiger partial charge in [0.1, 0.15) is 0 Å². The molecule has 3 rings (SSSR count). The molecule has 2 aromatic heterocycles. The fourth-order valence-corrected chi connectivity index (χ4v) is 2.80. The van der Waals surface area contributed by atoms with Crippen LogP contribution in [0.5, 0.6) is 0 Å². The smallest absolute Gasteiger partial charge is 0.315 e. The van der Waals surface area contributed by atoms with Crippen LogP contribution >= 0.6 is 0 Å². The minimum absolute atomic E-state index is 0.153. The average molecular weight is 317 g/mol. The van der Waals surface area contributed by atoms with Gasteiger partial charge in [-0.05, 0) is 37.3 Å². The van der Waals surface area contributed by atoms with Crippen molar-refractivity contribution in [2.24, 2.45) is 5.92 Å². The van der Waals surface area contributed by atoms with E-state index in [4.69, 9.17) is 0 Å². The van der Waals surface area contributed by atoms with E-state index in [2.05, 4.69) is 20.8 Å². The third-order valence-electron chi connectivity index (χ3n) is 4.43. The van der Waals surface area contributed by atoms with Crippen molar-refractivity contribution >= 4 is 11.7 Å². The number of aliphatic hydroxyl groups is 1.